The largest absolute Gasteiger partial charge is 0.356 e. The summed E-state index contributed by atoms with van der Waals surface area (Å²) in [5.41, 5.74) is 0. The van der Waals surface area contributed by atoms with Gasteiger partial charge in [-0.25, -0.2) is 8.42 Å². The van der Waals surface area contributed by atoms with E-state index in [1.165, 1.54) is 4.31 Å². The number of amides is 1. The summed E-state index contributed by atoms with van der Waals surface area (Å²) < 4.78 is 27.7. The van der Waals surface area contributed by atoms with Crippen molar-refractivity contribution in [2.45, 2.75) is 31.6 Å². The molecular weight excluding hydrogens is 380 g/mol. The standard InChI is InChI=1S/C16H23BrN2O3S/c1-12(2)10-18-16(20)13-4-3-9-19(11-13)23(21,22)15-7-5-14(17)6-8-15/h5-8,12-13H,3-4,9-11H2,1-2H3,(H,18,20)/t13-/m1/s1. The molecule has 0 radical (unpaired) electrons. The number of benzene rings is 1. The molecule has 1 fully saturated rings. The first-order valence-electron chi connectivity index (χ1n) is 7.84. The fourth-order valence-electron chi connectivity index (χ4n) is 2.58. The van der Waals surface area contributed by atoms with Crippen molar-refractivity contribution in [3.05, 3.63) is 28.7 Å². The summed E-state index contributed by atoms with van der Waals surface area (Å²) in [5.74, 6) is 0.0623. The Hall–Kier alpha value is -0.920. The highest BCUT2D eigenvalue weighted by molar-refractivity contribution is 9.10. The number of hydrogen-bond acceptors (Lipinski definition) is 3. The van der Waals surface area contributed by atoms with Crippen molar-refractivity contribution in [3.8, 4) is 0 Å². The van der Waals surface area contributed by atoms with Crippen molar-refractivity contribution in [2.24, 2.45) is 11.8 Å². The predicted molar refractivity (Wildman–Crippen MR) is 93.5 cm³/mol. The zero-order valence-corrected chi connectivity index (χ0v) is 15.9. The SMILES string of the molecule is CC(C)CNC(=O)[C@@H]1CCCN(S(=O)(=O)c2ccc(Br)cc2)C1. The van der Waals surface area contributed by atoms with Gasteiger partial charge in [-0.2, -0.15) is 4.31 Å². The van der Waals surface area contributed by atoms with Gasteiger partial charge in [-0.05, 0) is 43.0 Å². The molecule has 0 bridgehead atoms. The summed E-state index contributed by atoms with van der Waals surface area (Å²) in [5, 5.41) is 2.90. The van der Waals surface area contributed by atoms with Crippen LogP contribution in [0, 0.1) is 11.8 Å². The molecule has 0 saturated carbocycles. The first-order chi connectivity index (χ1) is 10.8. The lowest BCUT2D eigenvalue weighted by Crippen LogP contribution is -2.45. The van der Waals surface area contributed by atoms with Gasteiger partial charge in [-0.15, -0.1) is 0 Å². The molecule has 5 nitrogen and oxygen atoms in total. The second kappa shape index (κ2) is 7.77. The van der Waals surface area contributed by atoms with E-state index in [-0.39, 0.29) is 23.3 Å². The van der Waals surface area contributed by atoms with Crippen LogP contribution in [0.4, 0.5) is 0 Å². The summed E-state index contributed by atoms with van der Waals surface area (Å²) in [6.07, 6.45) is 1.44. The molecule has 1 aromatic rings. The van der Waals surface area contributed by atoms with Crippen LogP contribution in [0.3, 0.4) is 0 Å². The van der Waals surface area contributed by atoms with Crippen LogP contribution < -0.4 is 5.32 Å². The van der Waals surface area contributed by atoms with Gasteiger partial charge in [0.05, 0.1) is 10.8 Å². The summed E-state index contributed by atoms with van der Waals surface area (Å²) in [4.78, 5) is 12.5. The predicted octanol–water partition coefficient (Wildman–Crippen LogP) is 2.62. The number of sulfonamides is 1. The molecule has 1 N–H and O–H groups in total. The summed E-state index contributed by atoms with van der Waals surface area (Å²) in [6, 6.07) is 6.59. The minimum atomic E-state index is -3.54. The average Bonchev–Trinajstić information content (AvgIpc) is 2.53. The Morgan fingerprint density at radius 2 is 2.00 bits per heavy atom. The van der Waals surface area contributed by atoms with E-state index < -0.39 is 10.0 Å². The van der Waals surface area contributed by atoms with E-state index in [4.69, 9.17) is 0 Å². The van der Waals surface area contributed by atoms with Crippen molar-refractivity contribution in [1.82, 2.24) is 9.62 Å². The number of halogens is 1. The van der Waals surface area contributed by atoms with Crippen molar-refractivity contribution in [1.29, 1.82) is 0 Å². The van der Waals surface area contributed by atoms with Crippen LogP contribution in [0.1, 0.15) is 26.7 Å². The second-order valence-electron chi connectivity index (χ2n) is 6.30. The van der Waals surface area contributed by atoms with Crippen LogP contribution in [0.5, 0.6) is 0 Å². The Morgan fingerprint density at radius 1 is 1.35 bits per heavy atom. The van der Waals surface area contributed by atoms with E-state index in [9.17, 15) is 13.2 Å². The minimum Gasteiger partial charge on any atom is -0.356 e. The first kappa shape index (κ1) is 18.4. The van der Waals surface area contributed by atoms with Crippen LogP contribution in [-0.4, -0.2) is 38.3 Å². The molecule has 1 heterocycles. The molecule has 7 heteroatoms. The van der Waals surface area contributed by atoms with E-state index in [0.29, 0.717) is 25.4 Å². The molecule has 2 rings (SSSR count). The summed E-state index contributed by atoms with van der Waals surface area (Å²) in [7, 11) is -3.54. The number of hydrogen-bond donors (Lipinski definition) is 1. The lowest BCUT2D eigenvalue weighted by molar-refractivity contribution is -0.126. The van der Waals surface area contributed by atoms with E-state index in [2.05, 4.69) is 21.2 Å². The third-order valence-electron chi connectivity index (χ3n) is 3.89. The van der Waals surface area contributed by atoms with Crippen LogP contribution >= 0.6 is 15.9 Å². The third kappa shape index (κ3) is 4.78. The van der Waals surface area contributed by atoms with Crippen molar-refractivity contribution in [2.75, 3.05) is 19.6 Å². The quantitative estimate of drug-likeness (QED) is 0.822. The lowest BCUT2D eigenvalue weighted by Gasteiger charge is -2.31. The van der Waals surface area contributed by atoms with Gasteiger partial charge >= 0.3 is 0 Å². The molecule has 0 unspecified atom stereocenters. The zero-order valence-electron chi connectivity index (χ0n) is 13.5. The van der Waals surface area contributed by atoms with Gasteiger partial charge in [-0.1, -0.05) is 29.8 Å². The van der Waals surface area contributed by atoms with Gasteiger partial charge in [0, 0.05) is 24.1 Å². The number of piperidine rings is 1. The Morgan fingerprint density at radius 3 is 2.61 bits per heavy atom. The molecule has 1 aromatic carbocycles. The Kier molecular flexibility index (Phi) is 6.22. The van der Waals surface area contributed by atoms with Crippen LogP contribution in [0.15, 0.2) is 33.6 Å². The normalized spacial score (nSPS) is 19.7. The van der Waals surface area contributed by atoms with Crippen LogP contribution in [-0.2, 0) is 14.8 Å². The van der Waals surface area contributed by atoms with Crippen molar-refractivity contribution < 1.29 is 13.2 Å². The number of nitrogens with zero attached hydrogens (tertiary/aromatic N) is 1. The average molecular weight is 403 g/mol. The Balaban J connectivity index is 2.08. The molecule has 1 amide bonds. The second-order valence-corrected chi connectivity index (χ2v) is 9.15. The number of carbonyl (C=O) groups excluding carboxylic acids is 1. The molecule has 1 atom stereocenters. The zero-order chi connectivity index (χ0) is 17.0. The van der Waals surface area contributed by atoms with Gasteiger partial charge in [0.25, 0.3) is 0 Å². The van der Waals surface area contributed by atoms with E-state index >= 15 is 0 Å². The summed E-state index contributed by atoms with van der Waals surface area (Å²) in [6.45, 7) is 5.40. The maximum atomic E-state index is 12.7. The fourth-order valence-corrected chi connectivity index (χ4v) is 4.37. The molecule has 0 spiro atoms. The van der Waals surface area contributed by atoms with Gasteiger partial charge in [0.15, 0.2) is 0 Å². The number of rotatable bonds is 5. The first-order valence-corrected chi connectivity index (χ1v) is 10.1. The summed E-state index contributed by atoms with van der Waals surface area (Å²) >= 11 is 3.30. The fraction of sp³-hybridized carbons (Fsp3) is 0.562. The maximum absolute atomic E-state index is 12.7. The molecule has 0 aromatic heterocycles. The highest BCUT2D eigenvalue weighted by Crippen LogP contribution is 2.25. The highest BCUT2D eigenvalue weighted by atomic mass is 79.9. The molecule has 1 saturated heterocycles. The van der Waals surface area contributed by atoms with E-state index in [1.54, 1.807) is 24.3 Å². The number of carbonyl (C=O) groups is 1. The maximum Gasteiger partial charge on any atom is 0.243 e. The van der Waals surface area contributed by atoms with Gasteiger partial charge in [0.1, 0.15) is 0 Å². The highest BCUT2D eigenvalue weighted by Gasteiger charge is 2.33. The monoisotopic (exact) mass is 402 g/mol. The molecule has 0 aliphatic carbocycles. The molecule has 1 aliphatic rings. The van der Waals surface area contributed by atoms with Crippen molar-refractivity contribution >= 4 is 31.9 Å². The topological polar surface area (TPSA) is 66.5 Å². The smallest absolute Gasteiger partial charge is 0.243 e. The molecule has 1 aliphatic heterocycles. The Labute approximate surface area is 146 Å². The third-order valence-corrected chi connectivity index (χ3v) is 6.30. The van der Waals surface area contributed by atoms with Crippen molar-refractivity contribution in [3.63, 3.8) is 0 Å². The molecular formula is C16H23BrN2O3S. The van der Waals surface area contributed by atoms with E-state index in [0.717, 1.165) is 10.9 Å². The molecule has 23 heavy (non-hydrogen) atoms. The minimum absolute atomic E-state index is 0.0468. The van der Waals surface area contributed by atoms with Gasteiger partial charge < -0.3 is 5.32 Å². The number of nitrogens with one attached hydrogen (secondary N) is 1. The Bertz CT molecular complexity index is 644. The van der Waals surface area contributed by atoms with Gasteiger partial charge in [0.2, 0.25) is 15.9 Å². The molecule has 128 valence electrons. The van der Waals surface area contributed by atoms with Crippen LogP contribution in [0.2, 0.25) is 0 Å². The lowest BCUT2D eigenvalue weighted by atomic mass is 9.98. The van der Waals surface area contributed by atoms with Crippen LogP contribution in [0.25, 0.3) is 0 Å². The van der Waals surface area contributed by atoms with E-state index in [1.807, 2.05) is 13.8 Å². The van der Waals surface area contributed by atoms with Gasteiger partial charge in [-0.3, -0.25) is 4.79 Å².